The topological polar surface area (TPSA) is 80.8 Å². The molecule has 0 amide bonds. The third kappa shape index (κ3) is 1.99. The van der Waals surface area contributed by atoms with Crippen LogP contribution in [-0.2, 0) is 4.57 Å². The second-order valence-corrected chi connectivity index (χ2v) is 15.0. The molecule has 0 unspecified atom stereocenters. The molecule has 1 spiro atoms. The van der Waals surface area contributed by atoms with Crippen LogP contribution in [0.4, 0.5) is 0 Å². The summed E-state index contributed by atoms with van der Waals surface area (Å²) < 4.78 is 22.5. The number of benzene rings is 3. The van der Waals surface area contributed by atoms with Gasteiger partial charge in [-0.1, -0.05) is 0 Å². The van der Waals surface area contributed by atoms with E-state index in [0.717, 1.165) is 11.1 Å². The molecule has 0 saturated carbocycles. The predicted molar refractivity (Wildman–Crippen MR) is 130 cm³/mol. The van der Waals surface area contributed by atoms with Crippen molar-refractivity contribution >= 4 is 31.8 Å². The molecular weight excluding hydrogens is 440 g/mol. The van der Waals surface area contributed by atoms with Gasteiger partial charge in [0.1, 0.15) is 0 Å². The molecular formula is C22H23N7OP2. The Balaban J connectivity index is 1.63. The minimum absolute atomic E-state index is 0.605. The number of rotatable bonds is 3. The molecule has 8 nitrogen and oxygen atoms in total. The standard InChI is InChI=1S/C22H23N7OP2/c1-26-24-21(18-12-6-3-7-13-18)28-31(30,20-16-10-5-11-17-20)29-22(19-14-8-4-9-15-19)25-27(2)32(26,28,29)23/h3-17H,23H2,1-2H3. The normalized spacial score (nSPS) is 25.8. The van der Waals surface area contributed by atoms with Gasteiger partial charge < -0.3 is 0 Å². The van der Waals surface area contributed by atoms with Crippen LogP contribution in [0.5, 0.6) is 0 Å². The van der Waals surface area contributed by atoms with E-state index < -0.39 is 14.8 Å². The van der Waals surface area contributed by atoms with Crippen LogP contribution in [0.25, 0.3) is 0 Å². The van der Waals surface area contributed by atoms with Gasteiger partial charge in [0.25, 0.3) is 0 Å². The van der Waals surface area contributed by atoms with E-state index in [4.69, 9.17) is 15.7 Å². The first kappa shape index (κ1) is 19.5. The monoisotopic (exact) mass is 463 g/mol. The molecule has 3 aliphatic heterocycles. The van der Waals surface area contributed by atoms with Crippen molar-refractivity contribution in [1.82, 2.24) is 18.4 Å². The molecule has 0 radical (unpaired) electrons. The number of amidine groups is 2. The number of hydrazone groups is 2. The Hall–Kier alpha value is -3.18. The van der Waals surface area contributed by atoms with E-state index in [0.29, 0.717) is 17.0 Å². The van der Waals surface area contributed by atoms with Gasteiger partial charge in [-0.3, -0.25) is 0 Å². The summed E-state index contributed by atoms with van der Waals surface area (Å²) in [6, 6.07) is 29.1. The van der Waals surface area contributed by atoms with Crippen LogP contribution in [0, 0.1) is 0 Å². The predicted octanol–water partition coefficient (Wildman–Crippen LogP) is 3.82. The Morgan fingerprint density at radius 2 is 1.06 bits per heavy atom. The van der Waals surface area contributed by atoms with E-state index >= 15 is 4.57 Å². The molecule has 1 saturated heterocycles. The number of nitrogens with zero attached hydrogens (tertiary/aromatic N) is 6. The number of hydrogen-bond acceptors (Lipinski definition) is 6. The van der Waals surface area contributed by atoms with Crippen LogP contribution in [-0.4, -0.2) is 44.2 Å². The summed E-state index contributed by atoms with van der Waals surface area (Å²) in [4.78, 5) is 0. The first-order valence-electron chi connectivity index (χ1n) is 10.3. The second kappa shape index (κ2) is 6.20. The van der Waals surface area contributed by atoms with Crippen molar-refractivity contribution in [1.29, 1.82) is 0 Å². The van der Waals surface area contributed by atoms with Gasteiger partial charge in [0.05, 0.1) is 0 Å². The van der Waals surface area contributed by atoms with Crippen molar-refractivity contribution in [3.05, 3.63) is 102 Å². The van der Waals surface area contributed by atoms with Crippen LogP contribution in [0.2, 0.25) is 0 Å². The fourth-order valence-electron chi connectivity index (χ4n) is 4.78. The zero-order valence-electron chi connectivity index (χ0n) is 17.7. The van der Waals surface area contributed by atoms with Crippen LogP contribution < -0.4 is 10.8 Å². The van der Waals surface area contributed by atoms with Crippen molar-refractivity contribution < 1.29 is 4.57 Å². The zero-order valence-corrected chi connectivity index (χ0v) is 19.5. The average molecular weight is 463 g/mol. The third-order valence-corrected chi connectivity index (χ3v) is 16.5. The van der Waals surface area contributed by atoms with E-state index in [9.17, 15) is 0 Å². The molecule has 0 aliphatic carbocycles. The van der Waals surface area contributed by atoms with Crippen LogP contribution in [0.3, 0.4) is 0 Å². The fourth-order valence-corrected chi connectivity index (χ4v) is 16.0. The average Bonchev–Trinajstić information content (AvgIpc) is 3.19. The summed E-state index contributed by atoms with van der Waals surface area (Å²) in [5.41, 5.74) is 9.16. The molecule has 3 aromatic carbocycles. The molecule has 0 atom stereocenters. The maximum atomic E-state index is 15.1. The molecule has 2 N–H and O–H groups in total. The van der Waals surface area contributed by atoms with Crippen LogP contribution in [0.1, 0.15) is 11.1 Å². The van der Waals surface area contributed by atoms with Crippen molar-refractivity contribution in [2.45, 2.75) is 0 Å². The zero-order chi connectivity index (χ0) is 22.2. The molecule has 32 heavy (non-hydrogen) atoms. The summed E-state index contributed by atoms with van der Waals surface area (Å²) in [6.45, 7) is 0. The summed E-state index contributed by atoms with van der Waals surface area (Å²) in [5.74, 6) is 1.21. The Morgan fingerprint density at radius 1 is 0.688 bits per heavy atom. The summed E-state index contributed by atoms with van der Waals surface area (Å²) in [5, 5.41) is 10.4. The SMILES string of the molecule is CN1N=C(c2ccccc2)N2P(=O)(c3ccccc3)N3C(c4ccccc4)=NN(C)P123N. The van der Waals surface area contributed by atoms with E-state index in [1.54, 1.807) is 9.56 Å². The Labute approximate surface area is 186 Å². The Bertz CT molecular complexity index is 1250. The summed E-state index contributed by atoms with van der Waals surface area (Å²) in [7, 11) is -3.53. The fraction of sp³-hybridized carbons (Fsp3) is 0.0909. The van der Waals surface area contributed by atoms with Gasteiger partial charge in [0, 0.05) is 0 Å². The number of nitrogens with two attached hydrogens (primary N) is 1. The molecule has 0 aromatic heterocycles. The van der Waals surface area contributed by atoms with Crippen LogP contribution >= 0.6 is 14.8 Å². The van der Waals surface area contributed by atoms with Gasteiger partial charge in [-0.25, -0.2) is 0 Å². The van der Waals surface area contributed by atoms with Crippen molar-refractivity contribution in [2.24, 2.45) is 15.7 Å². The van der Waals surface area contributed by atoms with Gasteiger partial charge in [-0.2, -0.15) is 0 Å². The third-order valence-electron chi connectivity index (χ3n) is 6.37. The van der Waals surface area contributed by atoms with E-state index in [1.165, 1.54) is 0 Å². The molecule has 0 bridgehead atoms. The molecule has 162 valence electrons. The van der Waals surface area contributed by atoms with Crippen molar-refractivity contribution in [3.63, 3.8) is 0 Å². The molecule has 3 heterocycles. The molecule has 10 heteroatoms. The first-order valence-corrected chi connectivity index (χ1v) is 14.0. The molecule has 3 aliphatic rings. The van der Waals surface area contributed by atoms with Gasteiger partial charge >= 0.3 is 187 Å². The minimum atomic E-state index is -3.84. The van der Waals surface area contributed by atoms with Gasteiger partial charge in [0.15, 0.2) is 0 Å². The van der Waals surface area contributed by atoms with Crippen LogP contribution in [0.15, 0.2) is 101 Å². The molecule has 1 fully saturated rings. The van der Waals surface area contributed by atoms with Gasteiger partial charge in [-0.05, 0) is 0 Å². The maximum absolute atomic E-state index is 15.1. The Morgan fingerprint density at radius 3 is 1.47 bits per heavy atom. The first-order chi connectivity index (χ1) is 15.4. The van der Waals surface area contributed by atoms with Gasteiger partial charge in [-0.15, -0.1) is 0 Å². The van der Waals surface area contributed by atoms with Crippen molar-refractivity contribution in [2.75, 3.05) is 14.1 Å². The van der Waals surface area contributed by atoms with Crippen molar-refractivity contribution in [3.8, 4) is 0 Å². The summed E-state index contributed by atoms with van der Waals surface area (Å²) in [6.07, 6.45) is 0. The second-order valence-electron chi connectivity index (χ2n) is 8.02. The van der Waals surface area contributed by atoms with E-state index in [2.05, 4.69) is 0 Å². The van der Waals surface area contributed by atoms with E-state index in [1.807, 2.05) is 114 Å². The molecule has 3 aromatic rings. The Kier molecular flexibility index (Phi) is 3.78. The molecule has 6 rings (SSSR count). The van der Waals surface area contributed by atoms with Gasteiger partial charge in [0.2, 0.25) is 0 Å². The quantitative estimate of drug-likeness (QED) is 0.595. The number of hydrogen-bond donors (Lipinski definition) is 1. The van der Waals surface area contributed by atoms with E-state index in [-0.39, 0.29) is 0 Å². The summed E-state index contributed by atoms with van der Waals surface area (Å²) >= 11 is 0.